The van der Waals surface area contributed by atoms with Crippen LogP contribution >= 0.6 is 15.9 Å². The lowest BCUT2D eigenvalue weighted by molar-refractivity contribution is 0.715. The third-order valence-electron chi connectivity index (χ3n) is 2.72. The largest absolute Gasteiger partial charge is 0.324 e. The SMILES string of the molecule is Cc1cncc(C(N)Cc2ccccc2Br)c1. The summed E-state index contributed by atoms with van der Waals surface area (Å²) < 4.78 is 1.11. The van der Waals surface area contributed by atoms with Gasteiger partial charge >= 0.3 is 0 Å². The van der Waals surface area contributed by atoms with E-state index in [9.17, 15) is 0 Å². The van der Waals surface area contributed by atoms with Crippen molar-refractivity contribution in [2.75, 3.05) is 0 Å². The van der Waals surface area contributed by atoms with Gasteiger partial charge in [0.1, 0.15) is 0 Å². The molecule has 0 saturated carbocycles. The molecule has 0 fully saturated rings. The van der Waals surface area contributed by atoms with Crippen LogP contribution in [0.3, 0.4) is 0 Å². The minimum absolute atomic E-state index is 0.0129. The zero-order valence-corrected chi connectivity index (χ0v) is 11.3. The molecule has 2 aromatic rings. The Kier molecular flexibility index (Phi) is 3.92. The number of nitrogens with two attached hydrogens (primary N) is 1. The minimum atomic E-state index is -0.0129. The molecule has 17 heavy (non-hydrogen) atoms. The molecular formula is C14H15BrN2. The standard InChI is InChI=1S/C14H15BrN2/c1-10-6-12(9-17-8-10)14(16)7-11-4-2-3-5-13(11)15/h2-6,8-9,14H,7,16H2,1H3. The Bertz CT molecular complexity index is 511. The first kappa shape index (κ1) is 12.3. The lowest BCUT2D eigenvalue weighted by atomic mass is 10.0. The van der Waals surface area contributed by atoms with Crippen molar-refractivity contribution < 1.29 is 0 Å². The Morgan fingerprint density at radius 3 is 2.76 bits per heavy atom. The predicted octanol–water partition coefficient (Wildman–Crippen LogP) is 3.40. The van der Waals surface area contributed by atoms with Crippen LogP contribution in [0.2, 0.25) is 0 Å². The Morgan fingerprint density at radius 2 is 2.06 bits per heavy atom. The van der Waals surface area contributed by atoms with Gasteiger partial charge in [0, 0.05) is 22.9 Å². The van der Waals surface area contributed by atoms with E-state index in [2.05, 4.69) is 33.0 Å². The highest BCUT2D eigenvalue weighted by Crippen LogP contribution is 2.22. The van der Waals surface area contributed by atoms with Gasteiger partial charge in [-0.1, -0.05) is 40.2 Å². The van der Waals surface area contributed by atoms with Crippen LogP contribution in [0.4, 0.5) is 0 Å². The molecule has 2 rings (SSSR count). The molecule has 1 heterocycles. The Morgan fingerprint density at radius 1 is 1.29 bits per heavy atom. The van der Waals surface area contributed by atoms with E-state index in [4.69, 9.17) is 5.73 Å². The number of rotatable bonds is 3. The van der Waals surface area contributed by atoms with Crippen molar-refractivity contribution in [1.82, 2.24) is 4.98 Å². The Balaban J connectivity index is 2.17. The van der Waals surface area contributed by atoms with E-state index < -0.39 is 0 Å². The average Bonchev–Trinajstić information content (AvgIpc) is 2.32. The maximum Gasteiger partial charge on any atom is 0.0351 e. The summed E-state index contributed by atoms with van der Waals surface area (Å²) in [5.74, 6) is 0. The summed E-state index contributed by atoms with van der Waals surface area (Å²) in [5.41, 5.74) is 9.66. The first-order chi connectivity index (χ1) is 8.16. The van der Waals surface area contributed by atoms with Crippen LogP contribution in [0.15, 0.2) is 47.2 Å². The van der Waals surface area contributed by atoms with Crippen molar-refractivity contribution in [3.05, 3.63) is 63.9 Å². The van der Waals surface area contributed by atoms with Crippen LogP contribution in [0.25, 0.3) is 0 Å². The summed E-state index contributed by atoms with van der Waals surface area (Å²) in [5, 5.41) is 0. The molecule has 0 spiro atoms. The third kappa shape index (κ3) is 3.14. The van der Waals surface area contributed by atoms with Crippen molar-refractivity contribution >= 4 is 15.9 Å². The fraction of sp³-hybridized carbons (Fsp3) is 0.214. The molecule has 1 unspecified atom stereocenters. The highest BCUT2D eigenvalue weighted by atomic mass is 79.9. The van der Waals surface area contributed by atoms with Crippen molar-refractivity contribution in [2.24, 2.45) is 5.73 Å². The molecule has 0 amide bonds. The molecule has 0 saturated heterocycles. The van der Waals surface area contributed by atoms with Gasteiger partial charge in [-0.2, -0.15) is 0 Å². The number of nitrogens with zero attached hydrogens (tertiary/aromatic N) is 1. The van der Waals surface area contributed by atoms with Gasteiger partial charge in [-0.3, -0.25) is 4.98 Å². The van der Waals surface area contributed by atoms with E-state index in [1.54, 1.807) is 0 Å². The second-order valence-corrected chi connectivity index (χ2v) is 5.05. The quantitative estimate of drug-likeness (QED) is 0.941. The first-order valence-corrected chi connectivity index (χ1v) is 6.36. The van der Waals surface area contributed by atoms with E-state index >= 15 is 0 Å². The zero-order valence-electron chi connectivity index (χ0n) is 9.73. The number of hydrogen-bond donors (Lipinski definition) is 1. The molecule has 3 heteroatoms. The Hall–Kier alpha value is -1.19. The van der Waals surface area contributed by atoms with Crippen LogP contribution in [0.1, 0.15) is 22.7 Å². The van der Waals surface area contributed by atoms with Gasteiger partial charge in [0.2, 0.25) is 0 Å². The monoisotopic (exact) mass is 290 g/mol. The van der Waals surface area contributed by atoms with Gasteiger partial charge in [0.15, 0.2) is 0 Å². The van der Waals surface area contributed by atoms with Crippen molar-refractivity contribution in [1.29, 1.82) is 0 Å². The summed E-state index contributed by atoms with van der Waals surface area (Å²) in [4.78, 5) is 4.18. The molecule has 2 N–H and O–H groups in total. The minimum Gasteiger partial charge on any atom is -0.324 e. The van der Waals surface area contributed by atoms with Crippen LogP contribution < -0.4 is 5.73 Å². The second-order valence-electron chi connectivity index (χ2n) is 4.20. The molecule has 1 atom stereocenters. The molecule has 1 aromatic carbocycles. The summed E-state index contributed by atoms with van der Waals surface area (Å²) in [7, 11) is 0. The van der Waals surface area contributed by atoms with Crippen LogP contribution in [-0.4, -0.2) is 4.98 Å². The number of aromatic nitrogens is 1. The third-order valence-corrected chi connectivity index (χ3v) is 3.50. The number of hydrogen-bond acceptors (Lipinski definition) is 2. The summed E-state index contributed by atoms with van der Waals surface area (Å²) >= 11 is 3.54. The molecule has 2 nitrogen and oxygen atoms in total. The number of pyridine rings is 1. The number of aryl methyl sites for hydroxylation is 1. The highest BCUT2D eigenvalue weighted by molar-refractivity contribution is 9.10. The Labute approximate surface area is 110 Å². The molecule has 0 radical (unpaired) electrons. The van der Waals surface area contributed by atoms with E-state index in [1.165, 1.54) is 5.56 Å². The topological polar surface area (TPSA) is 38.9 Å². The molecule has 0 aliphatic heterocycles. The van der Waals surface area contributed by atoms with Gasteiger partial charge in [0.05, 0.1) is 0 Å². The molecule has 0 aliphatic carbocycles. The summed E-state index contributed by atoms with van der Waals surface area (Å²) in [6.45, 7) is 2.03. The fourth-order valence-electron chi connectivity index (χ4n) is 1.80. The van der Waals surface area contributed by atoms with Crippen molar-refractivity contribution in [3.63, 3.8) is 0 Å². The van der Waals surface area contributed by atoms with Crippen molar-refractivity contribution in [3.8, 4) is 0 Å². The smallest absolute Gasteiger partial charge is 0.0351 e. The molecule has 0 bridgehead atoms. The van der Waals surface area contributed by atoms with E-state index in [0.29, 0.717) is 0 Å². The van der Waals surface area contributed by atoms with Gasteiger partial charge in [-0.25, -0.2) is 0 Å². The normalized spacial score (nSPS) is 12.4. The predicted molar refractivity (Wildman–Crippen MR) is 73.7 cm³/mol. The fourth-order valence-corrected chi connectivity index (χ4v) is 2.25. The van der Waals surface area contributed by atoms with Gasteiger partial charge in [-0.15, -0.1) is 0 Å². The average molecular weight is 291 g/mol. The van der Waals surface area contributed by atoms with E-state index in [1.807, 2.05) is 37.5 Å². The molecule has 88 valence electrons. The summed E-state index contributed by atoms with van der Waals surface area (Å²) in [6.07, 6.45) is 4.50. The second kappa shape index (κ2) is 5.43. The molecule has 0 aliphatic rings. The van der Waals surface area contributed by atoms with Gasteiger partial charge in [0.25, 0.3) is 0 Å². The van der Waals surface area contributed by atoms with Gasteiger partial charge < -0.3 is 5.73 Å². The first-order valence-electron chi connectivity index (χ1n) is 5.57. The van der Waals surface area contributed by atoms with E-state index in [0.717, 1.165) is 22.0 Å². The lowest BCUT2D eigenvalue weighted by Crippen LogP contribution is -2.14. The highest BCUT2D eigenvalue weighted by Gasteiger charge is 2.09. The number of benzene rings is 1. The molecular weight excluding hydrogens is 276 g/mol. The van der Waals surface area contributed by atoms with E-state index in [-0.39, 0.29) is 6.04 Å². The van der Waals surface area contributed by atoms with Crippen molar-refractivity contribution in [2.45, 2.75) is 19.4 Å². The van der Waals surface area contributed by atoms with Gasteiger partial charge in [-0.05, 0) is 36.1 Å². The maximum absolute atomic E-state index is 6.20. The number of halogens is 1. The summed E-state index contributed by atoms with van der Waals surface area (Å²) in [6, 6.07) is 10.2. The van der Waals surface area contributed by atoms with Crippen LogP contribution in [0, 0.1) is 6.92 Å². The van der Waals surface area contributed by atoms with Crippen LogP contribution in [-0.2, 0) is 6.42 Å². The molecule has 1 aromatic heterocycles. The van der Waals surface area contributed by atoms with Crippen LogP contribution in [0.5, 0.6) is 0 Å². The lowest BCUT2D eigenvalue weighted by Gasteiger charge is -2.13. The zero-order chi connectivity index (χ0) is 12.3. The maximum atomic E-state index is 6.20.